The lowest BCUT2D eigenvalue weighted by Crippen LogP contribution is -2.43. The van der Waals surface area contributed by atoms with Gasteiger partial charge in [-0.2, -0.15) is 0 Å². The van der Waals surface area contributed by atoms with Crippen molar-refractivity contribution in [1.82, 2.24) is 15.1 Å². The number of hydrogen-bond acceptors (Lipinski definition) is 2. The first-order chi connectivity index (χ1) is 10.9. The van der Waals surface area contributed by atoms with Crippen LogP contribution >= 0.6 is 11.6 Å². The summed E-state index contributed by atoms with van der Waals surface area (Å²) in [5.41, 5.74) is 0.741. The number of nitrogens with one attached hydrogen (secondary N) is 1. The van der Waals surface area contributed by atoms with Crippen LogP contribution in [0.3, 0.4) is 0 Å². The molecule has 7 heteroatoms. The van der Waals surface area contributed by atoms with Crippen LogP contribution in [-0.4, -0.2) is 47.9 Å². The number of urea groups is 1. The summed E-state index contributed by atoms with van der Waals surface area (Å²) in [4.78, 5) is 27.2. The van der Waals surface area contributed by atoms with E-state index in [1.807, 2.05) is 6.92 Å². The van der Waals surface area contributed by atoms with E-state index in [1.54, 1.807) is 15.9 Å². The van der Waals surface area contributed by atoms with E-state index in [0.29, 0.717) is 26.2 Å². The largest absolute Gasteiger partial charge is 0.341 e. The van der Waals surface area contributed by atoms with Gasteiger partial charge >= 0.3 is 6.03 Å². The fraction of sp³-hybridized carbons (Fsp3) is 0.500. The zero-order valence-corrected chi connectivity index (χ0v) is 14.1. The summed E-state index contributed by atoms with van der Waals surface area (Å²) in [5.74, 6) is -0.452. The molecule has 0 unspecified atom stereocenters. The maximum Gasteiger partial charge on any atom is 0.317 e. The average molecular weight is 342 g/mol. The first-order valence-electron chi connectivity index (χ1n) is 7.64. The molecule has 1 aliphatic heterocycles. The molecule has 0 aliphatic carbocycles. The Balaban J connectivity index is 1.95. The number of nitrogens with zero attached hydrogens (tertiary/aromatic N) is 2. The first kappa shape index (κ1) is 17.5. The number of carbonyl (C=O) groups is 2. The third-order valence-corrected chi connectivity index (χ3v) is 4.30. The van der Waals surface area contributed by atoms with Crippen molar-refractivity contribution in [2.24, 2.45) is 0 Å². The Morgan fingerprint density at radius 1 is 1.22 bits per heavy atom. The smallest absolute Gasteiger partial charge is 0.317 e. The molecule has 2 rings (SSSR count). The third kappa shape index (κ3) is 4.58. The highest BCUT2D eigenvalue weighted by atomic mass is 35.5. The topological polar surface area (TPSA) is 52.7 Å². The zero-order chi connectivity index (χ0) is 17.0. The normalized spacial score (nSPS) is 16.7. The highest BCUT2D eigenvalue weighted by molar-refractivity contribution is 6.30. The fourth-order valence-electron chi connectivity index (χ4n) is 2.58. The van der Waals surface area contributed by atoms with Gasteiger partial charge in [0.1, 0.15) is 5.82 Å². The molecular formula is C16H21ClFN3O2. The van der Waals surface area contributed by atoms with Gasteiger partial charge in [0.05, 0.1) is 11.1 Å². The lowest BCUT2D eigenvalue weighted by molar-refractivity contribution is -0.128. The Hall–Kier alpha value is -1.82. The fourth-order valence-corrected chi connectivity index (χ4v) is 2.77. The molecule has 23 heavy (non-hydrogen) atoms. The van der Waals surface area contributed by atoms with Gasteiger partial charge in [-0.05, 0) is 31.0 Å². The van der Waals surface area contributed by atoms with Crippen molar-refractivity contribution in [1.29, 1.82) is 0 Å². The summed E-state index contributed by atoms with van der Waals surface area (Å²) in [6.07, 6.45) is 0.754. The minimum Gasteiger partial charge on any atom is -0.341 e. The van der Waals surface area contributed by atoms with Gasteiger partial charge in [0.25, 0.3) is 0 Å². The zero-order valence-electron chi connectivity index (χ0n) is 13.3. The Morgan fingerprint density at radius 3 is 2.52 bits per heavy atom. The molecule has 126 valence electrons. The van der Waals surface area contributed by atoms with Gasteiger partial charge < -0.3 is 15.1 Å². The van der Waals surface area contributed by atoms with Crippen molar-refractivity contribution in [3.63, 3.8) is 0 Å². The minimum absolute atomic E-state index is 0.0292. The molecule has 0 bridgehead atoms. The predicted octanol–water partition coefficient (Wildman–Crippen LogP) is 2.80. The van der Waals surface area contributed by atoms with Gasteiger partial charge in [0.15, 0.2) is 0 Å². The number of amides is 3. The van der Waals surface area contributed by atoms with Crippen molar-refractivity contribution in [3.8, 4) is 0 Å². The van der Waals surface area contributed by atoms with Gasteiger partial charge in [-0.1, -0.05) is 17.7 Å². The van der Waals surface area contributed by atoms with Crippen molar-refractivity contribution >= 4 is 23.5 Å². The molecule has 1 fully saturated rings. The van der Waals surface area contributed by atoms with E-state index in [-0.39, 0.29) is 23.0 Å². The Kier molecular flexibility index (Phi) is 5.82. The van der Waals surface area contributed by atoms with Crippen LogP contribution in [0, 0.1) is 5.82 Å². The number of halogens is 2. The van der Waals surface area contributed by atoms with Crippen molar-refractivity contribution in [2.45, 2.75) is 26.3 Å². The molecule has 1 atom stereocenters. The second kappa shape index (κ2) is 7.64. The van der Waals surface area contributed by atoms with Crippen LogP contribution in [0.1, 0.15) is 31.9 Å². The summed E-state index contributed by atoms with van der Waals surface area (Å²) < 4.78 is 13.2. The Bertz CT molecular complexity index is 597. The van der Waals surface area contributed by atoms with Crippen molar-refractivity contribution < 1.29 is 14.0 Å². The molecule has 0 radical (unpaired) electrons. The van der Waals surface area contributed by atoms with Crippen molar-refractivity contribution in [2.75, 3.05) is 26.2 Å². The summed E-state index contributed by atoms with van der Waals surface area (Å²) in [6, 6.07) is 3.93. The van der Waals surface area contributed by atoms with E-state index in [1.165, 1.54) is 19.1 Å². The molecule has 0 spiro atoms. The van der Waals surface area contributed by atoms with Gasteiger partial charge in [-0.25, -0.2) is 9.18 Å². The highest BCUT2D eigenvalue weighted by Crippen LogP contribution is 2.21. The molecule has 5 nitrogen and oxygen atoms in total. The summed E-state index contributed by atoms with van der Waals surface area (Å²) in [7, 11) is 0. The summed E-state index contributed by atoms with van der Waals surface area (Å²) >= 11 is 5.77. The van der Waals surface area contributed by atoms with E-state index in [9.17, 15) is 14.0 Å². The Labute approximate surface area is 140 Å². The SMILES string of the molecule is CC(=O)N1CCCN(C(=O)N[C@@H](C)c2ccc(F)c(Cl)c2)CC1. The molecule has 0 saturated carbocycles. The van der Waals surface area contributed by atoms with Crippen LogP contribution in [0.2, 0.25) is 5.02 Å². The monoisotopic (exact) mass is 341 g/mol. The molecule has 1 N–H and O–H groups in total. The van der Waals surface area contributed by atoms with Gasteiger partial charge in [-0.3, -0.25) is 4.79 Å². The van der Waals surface area contributed by atoms with Crippen LogP contribution in [0.5, 0.6) is 0 Å². The van der Waals surface area contributed by atoms with E-state index >= 15 is 0 Å². The molecular weight excluding hydrogens is 321 g/mol. The van der Waals surface area contributed by atoms with E-state index in [4.69, 9.17) is 11.6 Å². The van der Waals surface area contributed by atoms with E-state index < -0.39 is 5.82 Å². The summed E-state index contributed by atoms with van der Waals surface area (Å²) in [5, 5.41) is 2.92. The highest BCUT2D eigenvalue weighted by Gasteiger charge is 2.21. The van der Waals surface area contributed by atoms with Crippen molar-refractivity contribution in [3.05, 3.63) is 34.6 Å². The lowest BCUT2D eigenvalue weighted by atomic mass is 10.1. The van der Waals surface area contributed by atoms with Gasteiger partial charge in [0.2, 0.25) is 5.91 Å². The van der Waals surface area contributed by atoms with Gasteiger partial charge in [0, 0.05) is 33.1 Å². The van der Waals surface area contributed by atoms with Crippen LogP contribution < -0.4 is 5.32 Å². The number of rotatable bonds is 2. The average Bonchev–Trinajstić information content (AvgIpc) is 2.76. The standard InChI is InChI=1S/C16H21ClFN3O2/c1-11(13-4-5-15(18)14(17)10-13)19-16(23)21-7-3-6-20(8-9-21)12(2)22/h4-5,10-11H,3,6-9H2,1-2H3,(H,19,23)/t11-/m0/s1. The number of carbonyl (C=O) groups excluding carboxylic acids is 2. The quantitative estimate of drug-likeness (QED) is 0.899. The first-order valence-corrected chi connectivity index (χ1v) is 8.02. The van der Waals surface area contributed by atoms with Gasteiger partial charge in [-0.15, -0.1) is 0 Å². The second-order valence-electron chi connectivity index (χ2n) is 5.69. The molecule has 0 aromatic heterocycles. The number of benzene rings is 1. The maximum absolute atomic E-state index is 13.2. The molecule has 1 heterocycles. The Morgan fingerprint density at radius 2 is 1.87 bits per heavy atom. The minimum atomic E-state index is -0.481. The van der Waals surface area contributed by atoms with E-state index in [0.717, 1.165) is 12.0 Å². The van der Waals surface area contributed by atoms with Crippen LogP contribution in [0.15, 0.2) is 18.2 Å². The van der Waals surface area contributed by atoms with Crippen LogP contribution in [-0.2, 0) is 4.79 Å². The number of hydrogen-bond donors (Lipinski definition) is 1. The molecule has 1 saturated heterocycles. The maximum atomic E-state index is 13.2. The molecule has 1 aliphatic rings. The van der Waals surface area contributed by atoms with Crippen LogP contribution in [0.4, 0.5) is 9.18 Å². The van der Waals surface area contributed by atoms with Crippen LogP contribution in [0.25, 0.3) is 0 Å². The molecule has 1 aromatic carbocycles. The summed E-state index contributed by atoms with van der Waals surface area (Å²) in [6.45, 7) is 5.67. The third-order valence-electron chi connectivity index (χ3n) is 4.01. The predicted molar refractivity (Wildman–Crippen MR) is 86.8 cm³/mol. The second-order valence-corrected chi connectivity index (χ2v) is 6.10. The van der Waals surface area contributed by atoms with E-state index in [2.05, 4.69) is 5.32 Å². The molecule has 3 amide bonds. The molecule has 1 aromatic rings. The lowest BCUT2D eigenvalue weighted by Gasteiger charge is -2.24.